The van der Waals surface area contributed by atoms with Crippen LogP contribution in [0.1, 0.15) is 290 Å². The van der Waals surface area contributed by atoms with Crippen molar-refractivity contribution in [3.05, 3.63) is 122 Å². The van der Waals surface area contributed by atoms with Crippen LogP contribution in [0.25, 0.3) is 0 Å². The van der Waals surface area contributed by atoms with Crippen molar-refractivity contribution in [3.63, 3.8) is 0 Å². The summed E-state index contributed by atoms with van der Waals surface area (Å²) in [5.74, 6) is -0.934. The molecule has 0 aromatic heterocycles. The minimum Gasteiger partial charge on any atom is -0.462 e. The Morgan fingerprint density at radius 3 is 0.805 bits per heavy atom. The van der Waals surface area contributed by atoms with Crippen LogP contribution >= 0.6 is 0 Å². The van der Waals surface area contributed by atoms with E-state index in [1.54, 1.807) is 0 Å². The highest BCUT2D eigenvalue weighted by molar-refractivity contribution is 5.71. The molecular formula is C71H118O6. The van der Waals surface area contributed by atoms with Crippen LogP contribution in [-0.4, -0.2) is 37.2 Å². The second-order valence-corrected chi connectivity index (χ2v) is 20.9. The molecule has 0 rings (SSSR count). The van der Waals surface area contributed by atoms with Gasteiger partial charge in [0.25, 0.3) is 0 Å². The van der Waals surface area contributed by atoms with E-state index in [4.69, 9.17) is 14.2 Å². The Morgan fingerprint density at radius 2 is 0.506 bits per heavy atom. The first kappa shape index (κ1) is 72.8. The number of esters is 3. The SMILES string of the molecule is CC/C=C\C/C=C\C/C=C\C/C=C\C/C=C\CCCCCCCCCCCCCCCCCC(=O)OCC(COC(=O)CCCCC/C=C\C/C=C\C/C=C\CC)OC(=O)CCCCCCC/C=C\C/C=C\CCCCC. The van der Waals surface area contributed by atoms with Crippen molar-refractivity contribution >= 4 is 17.9 Å². The number of hydrogen-bond donors (Lipinski definition) is 0. The molecule has 1 atom stereocenters. The van der Waals surface area contributed by atoms with Crippen molar-refractivity contribution in [3.8, 4) is 0 Å². The fourth-order valence-electron chi connectivity index (χ4n) is 8.69. The molecular weight excluding hydrogens is 949 g/mol. The topological polar surface area (TPSA) is 78.9 Å². The van der Waals surface area contributed by atoms with Gasteiger partial charge in [-0.3, -0.25) is 14.4 Å². The Balaban J connectivity index is 4.23. The first-order valence-electron chi connectivity index (χ1n) is 32.0. The van der Waals surface area contributed by atoms with Gasteiger partial charge in [0.05, 0.1) is 0 Å². The third-order valence-electron chi connectivity index (χ3n) is 13.4. The molecule has 1 unspecified atom stereocenters. The van der Waals surface area contributed by atoms with Gasteiger partial charge in [-0.15, -0.1) is 0 Å². The van der Waals surface area contributed by atoms with Crippen LogP contribution in [0.3, 0.4) is 0 Å². The third-order valence-corrected chi connectivity index (χ3v) is 13.4. The maximum absolute atomic E-state index is 12.9. The second kappa shape index (κ2) is 64.3. The van der Waals surface area contributed by atoms with Crippen LogP contribution in [-0.2, 0) is 28.6 Å². The Hall–Kier alpha value is -4.19. The van der Waals surface area contributed by atoms with Crippen LogP contribution in [0.15, 0.2) is 122 Å². The zero-order valence-corrected chi connectivity index (χ0v) is 50.2. The van der Waals surface area contributed by atoms with Crippen LogP contribution in [0.2, 0.25) is 0 Å². The van der Waals surface area contributed by atoms with E-state index < -0.39 is 6.10 Å². The molecule has 0 aliphatic carbocycles. The number of ether oxygens (including phenoxy) is 3. The molecule has 6 nitrogen and oxygen atoms in total. The number of hydrogen-bond acceptors (Lipinski definition) is 6. The van der Waals surface area contributed by atoms with E-state index in [0.717, 1.165) is 141 Å². The van der Waals surface area contributed by atoms with Gasteiger partial charge in [0.2, 0.25) is 0 Å². The second-order valence-electron chi connectivity index (χ2n) is 20.9. The number of carbonyl (C=O) groups excluding carboxylic acids is 3. The van der Waals surface area contributed by atoms with Gasteiger partial charge >= 0.3 is 17.9 Å². The molecule has 0 aliphatic rings. The number of allylic oxidation sites excluding steroid dienone is 20. The molecule has 77 heavy (non-hydrogen) atoms. The van der Waals surface area contributed by atoms with E-state index >= 15 is 0 Å². The molecule has 0 fully saturated rings. The van der Waals surface area contributed by atoms with Gasteiger partial charge < -0.3 is 14.2 Å². The van der Waals surface area contributed by atoms with E-state index in [9.17, 15) is 14.4 Å². The van der Waals surface area contributed by atoms with Crippen LogP contribution in [0, 0.1) is 0 Å². The fourth-order valence-corrected chi connectivity index (χ4v) is 8.69. The van der Waals surface area contributed by atoms with Gasteiger partial charge in [-0.05, 0) is 128 Å². The van der Waals surface area contributed by atoms with Crippen LogP contribution < -0.4 is 0 Å². The van der Waals surface area contributed by atoms with Gasteiger partial charge in [-0.2, -0.15) is 0 Å². The molecule has 0 aromatic carbocycles. The van der Waals surface area contributed by atoms with Crippen molar-refractivity contribution in [2.24, 2.45) is 0 Å². The summed E-state index contributed by atoms with van der Waals surface area (Å²) in [5, 5.41) is 0. The molecule has 0 spiro atoms. The van der Waals surface area contributed by atoms with Crippen molar-refractivity contribution in [1.82, 2.24) is 0 Å². The van der Waals surface area contributed by atoms with Gasteiger partial charge in [0.1, 0.15) is 13.2 Å². The van der Waals surface area contributed by atoms with Gasteiger partial charge in [-0.25, -0.2) is 0 Å². The standard InChI is InChI=1S/C71H118O6/c1-4-7-10-13-16-19-22-25-27-28-29-30-31-32-33-34-35-36-37-38-39-40-41-42-44-46-49-52-55-58-61-64-70(73)76-67-68(66-75-69(72)63-60-57-54-51-48-45-24-21-18-15-12-9-6-3)77-71(74)65-62-59-56-53-50-47-43-26-23-20-17-14-11-8-5-2/h7,9-10,12,16-21,25-27,29-30,32-33,43,45,48,68H,4-6,8,11,13-15,22-24,28,31,34-42,44,46-47,49-67H2,1-3H3/b10-7-,12-9-,19-16-,20-17-,21-18-,27-25-,30-29-,33-32-,43-26-,48-45-. The lowest BCUT2D eigenvalue weighted by Crippen LogP contribution is -2.30. The van der Waals surface area contributed by atoms with Gasteiger partial charge in [-0.1, -0.05) is 264 Å². The average Bonchev–Trinajstić information content (AvgIpc) is 3.43. The molecule has 6 heteroatoms. The highest BCUT2D eigenvalue weighted by atomic mass is 16.6. The normalized spacial score (nSPS) is 12.9. The Labute approximate surface area is 475 Å². The summed E-state index contributed by atoms with van der Waals surface area (Å²) in [6, 6.07) is 0. The lowest BCUT2D eigenvalue weighted by atomic mass is 10.0. The first-order chi connectivity index (χ1) is 38.0. The van der Waals surface area contributed by atoms with E-state index in [0.29, 0.717) is 19.3 Å². The van der Waals surface area contributed by atoms with Gasteiger partial charge in [0, 0.05) is 19.3 Å². The fraction of sp³-hybridized carbons (Fsp3) is 0.676. The minimum absolute atomic E-state index is 0.0938. The summed E-state index contributed by atoms with van der Waals surface area (Å²) in [6.07, 6.45) is 89.3. The molecule has 0 saturated heterocycles. The minimum atomic E-state index is -0.800. The summed E-state index contributed by atoms with van der Waals surface area (Å²) in [5.41, 5.74) is 0. The van der Waals surface area contributed by atoms with Crippen LogP contribution in [0.4, 0.5) is 0 Å². The van der Waals surface area contributed by atoms with E-state index in [-0.39, 0.29) is 31.1 Å². The van der Waals surface area contributed by atoms with Crippen molar-refractivity contribution < 1.29 is 28.6 Å². The van der Waals surface area contributed by atoms with Crippen LogP contribution in [0.5, 0.6) is 0 Å². The monoisotopic (exact) mass is 1070 g/mol. The predicted octanol–water partition coefficient (Wildman–Crippen LogP) is 22.0. The molecule has 0 N–H and O–H groups in total. The predicted molar refractivity (Wildman–Crippen MR) is 334 cm³/mol. The summed E-state index contributed by atoms with van der Waals surface area (Å²) < 4.78 is 16.9. The zero-order valence-electron chi connectivity index (χ0n) is 50.2. The quantitative estimate of drug-likeness (QED) is 0.0261. The molecule has 0 bridgehead atoms. The highest BCUT2D eigenvalue weighted by Gasteiger charge is 2.19. The first-order valence-corrected chi connectivity index (χ1v) is 32.0. The smallest absolute Gasteiger partial charge is 0.306 e. The molecule has 0 aliphatic heterocycles. The zero-order chi connectivity index (χ0) is 55.7. The maximum Gasteiger partial charge on any atom is 0.306 e. The summed E-state index contributed by atoms with van der Waals surface area (Å²) in [6.45, 7) is 6.36. The van der Waals surface area contributed by atoms with Crippen molar-refractivity contribution in [1.29, 1.82) is 0 Å². The molecule has 0 radical (unpaired) electrons. The lowest BCUT2D eigenvalue weighted by molar-refractivity contribution is -0.167. The summed E-state index contributed by atoms with van der Waals surface area (Å²) in [7, 11) is 0. The molecule has 0 aromatic rings. The molecule has 0 heterocycles. The Bertz CT molecular complexity index is 1600. The van der Waals surface area contributed by atoms with Gasteiger partial charge in [0.15, 0.2) is 6.10 Å². The van der Waals surface area contributed by atoms with Crippen molar-refractivity contribution in [2.75, 3.05) is 13.2 Å². The summed E-state index contributed by atoms with van der Waals surface area (Å²) in [4.78, 5) is 38.2. The Kier molecular flexibility index (Phi) is 60.8. The maximum atomic E-state index is 12.9. The van der Waals surface area contributed by atoms with Crippen molar-refractivity contribution in [2.45, 2.75) is 297 Å². The molecule has 0 saturated carbocycles. The Morgan fingerprint density at radius 1 is 0.273 bits per heavy atom. The third kappa shape index (κ3) is 62.5. The molecule has 438 valence electrons. The largest absolute Gasteiger partial charge is 0.462 e. The number of unbranched alkanes of at least 4 members (excludes halogenated alkanes) is 26. The lowest BCUT2D eigenvalue weighted by Gasteiger charge is -2.18. The summed E-state index contributed by atoms with van der Waals surface area (Å²) >= 11 is 0. The van der Waals surface area contributed by atoms with E-state index in [1.807, 2.05) is 0 Å². The molecule has 0 amide bonds. The average molecular weight is 1070 g/mol. The number of carbonyl (C=O) groups is 3. The van der Waals surface area contributed by atoms with E-state index in [1.165, 1.54) is 109 Å². The van der Waals surface area contributed by atoms with E-state index in [2.05, 4.69) is 142 Å². The number of rotatable bonds is 57. The highest BCUT2D eigenvalue weighted by Crippen LogP contribution is 2.16.